The lowest BCUT2D eigenvalue weighted by molar-refractivity contribution is -0.116. The standard InChI is InChI=1S/C26H36N2O5/c1-30-22-9-7-19(8-10-22)5-6-20-11-14-28(15-12-20)16-13-25(29)27-21-17-23(31-2)26(33-4)24(18-21)32-3/h7-10,17-18,20H,5-6,11-16H2,1-4H3,(H,27,29). The summed E-state index contributed by atoms with van der Waals surface area (Å²) in [6.45, 7) is 2.86. The molecule has 0 spiro atoms. The predicted octanol–water partition coefficient (Wildman–Crippen LogP) is 4.39. The van der Waals surface area contributed by atoms with Crippen molar-refractivity contribution in [2.45, 2.75) is 32.1 Å². The molecule has 180 valence electrons. The number of nitrogens with zero attached hydrogens (tertiary/aromatic N) is 1. The highest BCUT2D eigenvalue weighted by Gasteiger charge is 2.20. The minimum absolute atomic E-state index is 0.0223. The van der Waals surface area contributed by atoms with E-state index in [-0.39, 0.29) is 5.91 Å². The van der Waals surface area contributed by atoms with E-state index in [9.17, 15) is 4.79 Å². The molecule has 1 aliphatic rings. The maximum absolute atomic E-state index is 12.5. The summed E-state index contributed by atoms with van der Waals surface area (Å²) in [5.41, 5.74) is 1.99. The number of aryl methyl sites for hydroxylation is 1. The number of carbonyl (C=O) groups excluding carboxylic acids is 1. The van der Waals surface area contributed by atoms with Crippen LogP contribution in [0.15, 0.2) is 36.4 Å². The summed E-state index contributed by atoms with van der Waals surface area (Å²) < 4.78 is 21.3. The van der Waals surface area contributed by atoms with Crippen molar-refractivity contribution in [3.05, 3.63) is 42.0 Å². The van der Waals surface area contributed by atoms with Gasteiger partial charge in [0.05, 0.1) is 28.4 Å². The Kier molecular flexibility index (Phi) is 9.24. The monoisotopic (exact) mass is 456 g/mol. The van der Waals surface area contributed by atoms with E-state index in [1.165, 1.54) is 24.8 Å². The molecule has 0 aromatic heterocycles. The number of hydrogen-bond acceptors (Lipinski definition) is 6. The lowest BCUT2D eigenvalue weighted by atomic mass is 9.90. The highest BCUT2D eigenvalue weighted by Crippen LogP contribution is 2.40. The van der Waals surface area contributed by atoms with Crippen LogP contribution in [-0.4, -0.2) is 58.9 Å². The number of piperidine rings is 1. The van der Waals surface area contributed by atoms with E-state index >= 15 is 0 Å². The average Bonchev–Trinajstić information content (AvgIpc) is 2.86. The van der Waals surface area contributed by atoms with E-state index in [2.05, 4.69) is 22.3 Å². The van der Waals surface area contributed by atoms with Gasteiger partial charge in [0, 0.05) is 30.8 Å². The van der Waals surface area contributed by atoms with Gasteiger partial charge in [-0.15, -0.1) is 0 Å². The summed E-state index contributed by atoms with van der Waals surface area (Å²) in [6.07, 6.45) is 5.14. The van der Waals surface area contributed by atoms with Crippen molar-refractivity contribution in [3.8, 4) is 23.0 Å². The van der Waals surface area contributed by atoms with Crippen LogP contribution in [-0.2, 0) is 11.2 Å². The Labute approximate surface area is 197 Å². The largest absolute Gasteiger partial charge is 0.497 e. The van der Waals surface area contributed by atoms with Gasteiger partial charge in [0.25, 0.3) is 0 Å². The fraction of sp³-hybridized carbons (Fsp3) is 0.500. The normalized spacial score (nSPS) is 14.5. The van der Waals surface area contributed by atoms with Crippen LogP contribution >= 0.6 is 0 Å². The van der Waals surface area contributed by atoms with Crippen LogP contribution in [0.1, 0.15) is 31.2 Å². The molecule has 33 heavy (non-hydrogen) atoms. The molecule has 1 fully saturated rings. The highest BCUT2D eigenvalue weighted by atomic mass is 16.5. The molecule has 7 nitrogen and oxygen atoms in total. The van der Waals surface area contributed by atoms with Crippen molar-refractivity contribution >= 4 is 11.6 Å². The maximum atomic E-state index is 12.5. The van der Waals surface area contributed by atoms with Crippen molar-refractivity contribution in [3.63, 3.8) is 0 Å². The Hall–Kier alpha value is -2.93. The quantitative estimate of drug-likeness (QED) is 0.541. The van der Waals surface area contributed by atoms with Gasteiger partial charge in [-0.2, -0.15) is 0 Å². The van der Waals surface area contributed by atoms with E-state index < -0.39 is 0 Å². The zero-order chi connectivity index (χ0) is 23.6. The molecule has 0 radical (unpaired) electrons. The van der Waals surface area contributed by atoms with Gasteiger partial charge in [-0.25, -0.2) is 0 Å². The van der Waals surface area contributed by atoms with Gasteiger partial charge in [0.15, 0.2) is 11.5 Å². The zero-order valence-electron chi connectivity index (χ0n) is 20.2. The van der Waals surface area contributed by atoms with Gasteiger partial charge in [0.1, 0.15) is 5.75 Å². The van der Waals surface area contributed by atoms with E-state index in [0.717, 1.165) is 37.7 Å². The van der Waals surface area contributed by atoms with Gasteiger partial charge in [0.2, 0.25) is 11.7 Å². The first-order chi connectivity index (χ1) is 16.1. The lowest BCUT2D eigenvalue weighted by Gasteiger charge is -2.31. The molecule has 0 unspecified atom stereocenters. The summed E-state index contributed by atoms with van der Waals surface area (Å²) >= 11 is 0. The lowest BCUT2D eigenvalue weighted by Crippen LogP contribution is -2.35. The number of hydrogen-bond donors (Lipinski definition) is 1. The average molecular weight is 457 g/mol. The number of carbonyl (C=O) groups is 1. The predicted molar refractivity (Wildman–Crippen MR) is 130 cm³/mol. The van der Waals surface area contributed by atoms with Gasteiger partial charge in [-0.3, -0.25) is 4.79 Å². The fourth-order valence-electron chi connectivity index (χ4n) is 4.30. The maximum Gasteiger partial charge on any atom is 0.225 e. The Bertz CT molecular complexity index is 867. The molecule has 1 saturated heterocycles. The molecule has 1 N–H and O–H groups in total. The van der Waals surface area contributed by atoms with Crippen LogP contribution in [0.25, 0.3) is 0 Å². The van der Waals surface area contributed by atoms with E-state index in [1.807, 2.05) is 12.1 Å². The molecule has 0 aliphatic carbocycles. The first-order valence-electron chi connectivity index (χ1n) is 11.5. The molecule has 1 amide bonds. The van der Waals surface area contributed by atoms with Crippen LogP contribution in [0.4, 0.5) is 5.69 Å². The molecule has 1 aliphatic heterocycles. The molecule has 0 atom stereocenters. The number of likely N-dealkylation sites (tertiary alicyclic amines) is 1. The minimum atomic E-state index is -0.0223. The third kappa shape index (κ3) is 7.02. The van der Waals surface area contributed by atoms with Crippen molar-refractivity contribution < 1.29 is 23.7 Å². The number of rotatable bonds is 11. The molecular formula is C26H36N2O5. The Balaban J connectivity index is 1.40. The smallest absolute Gasteiger partial charge is 0.225 e. The summed E-state index contributed by atoms with van der Waals surface area (Å²) in [5, 5.41) is 2.95. The molecule has 7 heteroatoms. The summed E-state index contributed by atoms with van der Waals surface area (Å²) in [5.74, 6) is 3.17. The van der Waals surface area contributed by atoms with Crippen molar-refractivity contribution in [1.29, 1.82) is 0 Å². The van der Waals surface area contributed by atoms with Crippen molar-refractivity contribution in [2.75, 3.05) is 53.4 Å². The van der Waals surface area contributed by atoms with E-state index in [1.54, 1.807) is 40.6 Å². The first-order valence-corrected chi connectivity index (χ1v) is 11.5. The summed E-state index contributed by atoms with van der Waals surface area (Å²) in [6, 6.07) is 11.9. The second kappa shape index (κ2) is 12.3. The van der Waals surface area contributed by atoms with Crippen molar-refractivity contribution in [2.24, 2.45) is 5.92 Å². The highest BCUT2D eigenvalue weighted by molar-refractivity contribution is 5.91. The van der Waals surface area contributed by atoms with E-state index in [0.29, 0.717) is 29.4 Å². The molecule has 2 aromatic rings. The minimum Gasteiger partial charge on any atom is -0.497 e. The summed E-state index contributed by atoms with van der Waals surface area (Å²) in [7, 11) is 6.37. The topological polar surface area (TPSA) is 69.3 Å². The Morgan fingerprint density at radius 1 is 0.939 bits per heavy atom. The van der Waals surface area contributed by atoms with Gasteiger partial charge < -0.3 is 29.2 Å². The van der Waals surface area contributed by atoms with Crippen LogP contribution in [0.2, 0.25) is 0 Å². The number of ether oxygens (including phenoxy) is 4. The van der Waals surface area contributed by atoms with Crippen LogP contribution in [0, 0.1) is 5.92 Å². The number of benzene rings is 2. The Morgan fingerprint density at radius 2 is 1.58 bits per heavy atom. The second-order valence-corrected chi connectivity index (χ2v) is 8.38. The molecule has 0 bridgehead atoms. The fourth-order valence-corrected chi connectivity index (χ4v) is 4.30. The first kappa shape index (κ1) is 24.7. The SMILES string of the molecule is COc1ccc(CCC2CCN(CCC(=O)Nc3cc(OC)c(OC)c(OC)c3)CC2)cc1. The molecular weight excluding hydrogens is 420 g/mol. The van der Waals surface area contributed by atoms with Gasteiger partial charge >= 0.3 is 0 Å². The number of amides is 1. The molecule has 2 aromatic carbocycles. The third-order valence-electron chi connectivity index (χ3n) is 6.31. The molecule has 1 heterocycles. The third-order valence-corrected chi connectivity index (χ3v) is 6.31. The van der Waals surface area contributed by atoms with Gasteiger partial charge in [-0.1, -0.05) is 12.1 Å². The number of anilines is 1. The second-order valence-electron chi connectivity index (χ2n) is 8.38. The number of nitrogens with one attached hydrogen (secondary N) is 1. The van der Waals surface area contributed by atoms with Crippen LogP contribution in [0.5, 0.6) is 23.0 Å². The van der Waals surface area contributed by atoms with E-state index in [4.69, 9.17) is 18.9 Å². The Morgan fingerprint density at radius 3 is 2.12 bits per heavy atom. The molecule has 3 rings (SSSR count). The van der Waals surface area contributed by atoms with Gasteiger partial charge in [-0.05, 0) is 62.4 Å². The summed E-state index contributed by atoms with van der Waals surface area (Å²) in [4.78, 5) is 14.9. The van der Waals surface area contributed by atoms with Crippen LogP contribution < -0.4 is 24.3 Å². The molecule has 0 saturated carbocycles. The number of methoxy groups -OCH3 is 4. The zero-order valence-corrected chi connectivity index (χ0v) is 20.2. The van der Waals surface area contributed by atoms with Crippen LogP contribution in [0.3, 0.4) is 0 Å². The van der Waals surface area contributed by atoms with Crippen molar-refractivity contribution in [1.82, 2.24) is 4.90 Å².